The molecule has 7 heteroatoms. The average Bonchev–Trinajstić information content (AvgIpc) is 2.66. The van der Waals surface area contributed by atoms with Crippen molar-refractivity contribution >= 4 is 17.3 Å². The van der Waals surface area contributed by atoms with E-state index in [9.17, 15) is 0 Å². The van der Waals surface area contributed by atoms with Crippen LogP contribution in [0.4, 0.5) is 0 Å². The van der Waals surface area contributed by atoms with Crippen LogP contribution in [0.2, 0.25) is 0 Å². The first kappa shape index (κ1) is 19.8. The molecule has 1 aromatic rings. The fourth-order valence-electron chi connectivity index (χ4n) is 2.94. The normalized spacial score (nSPS) is 14.8. The van der Waals surface area contributed by atoms with Gasteiger partial charge in [0.05, 0.1) is 14.2 Å². The van der Waals surface area contributed by atoms with Crippen molar-refractivity contribution in [2.75, 3.05) is 46.9 Å². The second-order valence-corrected chi connectivity index (χ2v) is 6.56. The Morgan fingerprint density at radius 3 is 2.56 bits per heavy atom. The zero-order valence-corrected chi connectivity index (χ0v) is 16.1. The summed E-state index contributed by atoms with van der Waals surface area (Å²) in [4.78, 5) is 2.49. The van der Waals surface area contributed by atoms with E-state index < -0.39 is 0 Å². The Bertz CT molecular complexity index is 536. The number of piperidine rings is 1. The van der Waals surface area contributed by atoms with Crippen molar-refractivity contribution < 1.29 is 9.47 Å². The van der Waals surface area contributed by atoms with E-state index >= 15 is 0 Å². The summed E-state index contributed by atoms with van der Waals surface area (Å²) >= 11 is 5.28. The summed E-state index contributed by atoms with van der Waals surface area (Å²) in [6, 6.07) is 5.96. The summed E-state index contributed by atoms with van der Waals surface area (Å²) in [5.74, 6) is 1.49. The monoisotopic (exact) mass is 366 g/mol. The Hall–Kier alpha value is -1.57. The van der Waals surface area contributed by atoms with Crippen LogP contribution in [0.25, 0.3) is 0 Å². The maximum Gasteiger partial charge on any atom is 0.180 e. The maximum atomic E-state index is 5.32. The molecular formula is C18H30N4O2S. The van der Waals surface area contributed by atoms with Gasteiger partial charge in [-0.3, -0.25) is 5.43 Å². The summed E-state index contributed by atoms with van der Waals surface area (Å²) in [5.41, 5.74) is 7.40. The zero-order valence-electron chi connectivity index (χ0n) is 15.3. The van der Waals surface area contributed by atoms with E-state index in [4.69, 9.17) is 21.7 Å². The molecule has 0 atom stereocenters. The number of nitrogens with one attached hydrogen (secondary N) is 3. The Balaban J connectivity index is 1.58. The van der Waals surface area contributed by atoms with Crippen molar-refractivity contribution in [2.45, 2.75) is 25.7 Å². The van der Waals surface area contributed by atoms with Crippen LogP contribution in [-0.4, -0.2) is 57.0 Å². The highest BCUT2D eigenvalue weighted by atomic mass is 32.1. The van der Waals surface area contributed by atoms with Gasteiger partial charge in [-0.15, -0.1) is 0 Å². The SMILES string of the molecule is COc1ccc(CCNC(=S)NNCCN2CCCCC2)cc1OC. The number of hydrogen-bond acceptors (Lipinski definition) is 5. The number of methoxy groups -OCH3 is 2. The number of nitrogens with zero attached hydrogens (tertiary/aromatic N) is 1. The van der Waals surface area contributed by atoms with Crippen molar-refractivity contribution in [3.8, 4) is 11.5 Å². The molecule has 1 aliphatic rings. The fourth-order valence-corrected chi connectivity index (χ4v) is 3.11. The number of hydrazine groups is 1. The predicted octanol–water partition coefficient (Wildman–Crippen LogP) is 1.70. The van der Waals surface area contributed by atoms with Gasteiger partial charge >= 0.3 is 0 Å². The number of benzene rings is 1. The summed E-state index contributed by atoms with van der Waals surface area (Å²) in [6.45, 7) is 5.14. The van der Waals surface area contributed by atoms with E-state index in [1.54, 1.807) is 14.2 Å². The Morgan fingerprint density at radius 2 is 1.84 bits per heavy atom. The molecule has 1 aliphatic heterocycles. The minimum atomic E-state index is 0.624. The van der Waals surface area contributed by atoms with E-state index in [1.165, 1.54) is 37.9 Å². The molecule has 1 heterocycles. The number of rotatable bonds is 9. The summed E-state index contributed by atoms with van der Waals surface area (Å²) in [5, 5.41) is 3.83. The van der Waals surface area contributed by atoms with Gasteiger partial charge in [-0.25, -0.2) is 5.43 Å². The summed E-state index contributed by atoms with van der Waals surface area (Å²) in [6.07, 6.45) is 4.87. The average molecular weight is 367 g/mol. The molecule has 25 heavy (non-hydrogen) atoms. The van der Waals surface area contributed by atoms with Crippen LogP contribution in [0.1, 0.15) is 24.8 Å². The van der Waals surface area contributed by atoms with Crippen molar-refractivity contribution in [1.29, 1.82) is 0 Å². The van der Waals surface area contributed by atoms with E-state index in [0.717, 1.165) is 37.6 Å². The molecule has 1 aromatic carbocycles. The molecule has 0 aliphatic carbocycles. The van der Waals surface area contributed by atoms with E-state index in [2.05, 4.69) is 21.1 Å². The largest absolute Gasteiger partial charge is 0.493 e. The van der Waals surface area contributed by atoms with Crippen molar-refractivity contribution in [2.24, 2.45) is 0 Å². The lowest BCUT2D eigenvalue weighted by Gasteiger charge is -2.26. The van der Waals surface area contributed by atoms with Gasteiger partial charge in [-0.05, 0) is 62.3 Å². The van der Waals surface area contributed by atoms with Gasteiger partial charge in [-0.2, -0.15) is 0 Å². The first-order valence-corrected chi connectivity index (χ1v) is 9.33. The van der Waals surface area contributed by atoms with Crippen LogP contribution in [0.3, 0.4) is 0 Å². The van der Waals surface area contributed by atoms with Crippen LogP contribution in [-0.2, 0) is 6.42 Å². The van der Waals surface area contributed by atoms with Crippen LogP contribution < -0.4 is 25.6 Å². The Morgan fingerprint density at radius 1 is 1.08 bits per heavy atom. The van der Waals surface area contributed by atoms with Crippen LogP contribution in [0.15, 0.2) is 18.2 Å². The maximum absolute atomic E-state index is 5.32. The second-order valence-electron chi connectivity index (χ2n) is 6.15. The smallest absolute Gasteiger partial charge is 0.180 e. The van der Waals surface area contributed by atoms with Crippen LogP contribution in [0, 0.1) is 0 Å². The molecule has 0 aromatic heterocycles. The zero-order chi connectivity index (χ0) is 17.9. The molecule has 0 spiro atoms. The van der Waals surface area contributed by atoms with E-state index in [0.29, 0.717) is 5.11 Å². The topological polar surface area (TPSA) is 57.8 Å². The molecule has 0 radical (unpaired) electrons. The number of hydrogen-bond donors (Lipinski definition) is 3. The third-order valence-electron chi connectivity index (χ3n) is 4.35. The standard InChI is InChI=1S/C18H30N4O2S/c1-23-16-7-6-15(14-17(16)24-2)8-9-19-18(25)21-20-10-13-22-11-4-3-5-12-22/h6-7,14,20H,3-5,8-13H2,1-2H3,(H2,19,21,25). The van der Waals surface area contributed by atoms with E-state index in [1.807, 2.05) is 18.2 Å². The van der Waals surface area contributed by atoms with Crippen LogP contribution >= 0.6 is 12.2 Å². The molecule has 6 nitrogen and oxygen atoms in total. The third-order valence-corrected chi connectivity index (χ3v) is 4.60. The Kier molecular flexibility index (Phi) is 8.79. The molecule has 2 rings (SSSR count). The Labute approximate surface area is 156 Å². The van der Waals surface area contributed by atoms with Gasteiger partial charge in [-0.1, -0.05) is 12.5 Å². The summed E-state index contributed by atoms with van der Waals surface area (Å²) < 4.78 is 10.6. The quantitative estimate of drug-likeness (QED) is 0.349. The molecule has 0 unspecified atom stereocenters. The molecule has 3 N–H and O–H groups in total. The summed E-state index contributed by atoms with van der Waals surface area (Å²) in [7, 11) is 3.29. The van der Waals surface area contributed by atoms with Gasteiger partial charge in [0, 0.05) is 19.6 Å². The van der Waals surface area contributed by atoms with Crippen molar-refractivity contribution in [1.82, 2.24) is 21.1 Å². The van der Waals surface area contributed by atoms with Crippen molar-refractivity contribution in [3.63, 3.8) is 0 Å². The molecule has 140 valence electrons. The minimum Gasteiger partial charge on any atom is -0.493 e. The van der Waals surface area contributed by atoms with Crippen molar-refractivity contribution in [3.05, 3.63) is 23.8 Å². The first-order valence-electron chi connectivity index (χ1n) is 8.93. The molecular weight excluding hydrogens is 336 g/mol. The molecule has 0 amide bonds. The van der Waals surface area contributed by atoms with Gasteiger partial charge in [0.15, 0.2) is 16.6 Å². The van der Waals surface area contributed by atoms with Gasteiger partial charge < -0.3 is 19.7 Å². The molecule has 0 bridgehead atoms. The lowest BCUT2D eigenvalue weighted by molar-refractivity contribution is 0.228. The predicted molar refractivity (Wildman–Crippen MR) is 105 cm³/mol. The third kappa shape index (κ3) is 7.05. The number of thiocarbonyl (C=S) groups is 1. The molecule has 0 saturated carbocycles. The highest BCUT2D eigenvalue weighted by Gasteiger charge is 2.09. The van der Waals surface area contributed by atoms with Gasteiger partial charge in [0.25, 0.3) is 0 Å². The highest BCUT2D eigenvalue weighted by Crippen LogP contribution is 2.27. The van der Waals surface area contributed by atoms with Crippen LogP contribution in [0.5, 0.6) is 11.5 Å². The van der Waals surface area contributed by atoms with Gasteiger partial charge in [0.2, 0.25) is 0 Å². The highest BCUT2D eigenvalue weighted by molar-refractivity contribution is 7.80. The number of likely N-dealkylation sites (tertiary alicyclic amines) is 1. The second kappa shape index (κ2) is 11.1. The molecule has 1 fully saturated rings. The lowest BCUT2D eigenvalue weighted by Crippen LogP contribution is -2.47. The lowest BCUT2D eigenvalue weighted by atomic mass is 10.1. The fraction of sp³-hybridized carbons (Fsp3) is 0.611. The first-order chi connectivity index (χ1) is 12.2. The van der Waals surface area contributed by atoms with Gasteiger partial charge in [0.1, 0.15) is 0 Å². The number of ether oxygens (including phenoxy) is 2. The molecule has 1 saturated heterocycles. The van der Waals surface area contributed by atoms with E-state index in [-0.39, 0.29) is 0 Å². The minimum absolute atomic E-state index is 0.624.